The zero-order chi connectivity index (χ0) is 15.9. The lowest BCUT2D eigenvalue weighted by Gasteiger charge is -2.05. The summed E-state index contributed by atoms with van der Waals surface area (Å²) in [7, 11) is 0. The second-order valence-electron chi connectivity index (χ2n) is 7.18. The van der Waals surface area contributed by atoms with Crippen molar-refractivity contribution in [1.82, 2.24) is 4.98 Å². The van der Waals surface area contributed by atoms with E-state index in [1.54, 1.807) is 0 Å². The van der Waals surface area contributed by atoms with Crippen LogP contribution >= 0.6 is 0 Å². The largest absolute Gasteiger partial charge is 0.264 e. The van der Waals surface area contributed by atoms with Crippen LogP contribution in [-0.2, 0) is 6.42 Å². The fourth-order valence-corrected chi connectivity index (χ4v) is 3.02. The summed E-state index contributed by atoms with van der Waals surface area (Å²) in [4.78, 5) is 4.17. The molecule has 0 fully saturated rings. The highest BCUT2D eigenvalue weighted by atomic mass is 14.6. The number of unbranched alkanes of at least 4 members (excludes halogenated alkanes) is 10. The lowest BCUT2D eigenvalue weighted by molar-refractivity contribution is 0.504. The van der Waals surface area contributed by atoms with E-state index in [-0.39, 0.29) is 0 Å². The fraction of sp³-hybridized carbons (Fsp3) is 0.762. The number of hydrogen-bond acceptors (Lipinski definition) is 1. The lowest BCUT2D eigenvalue weighted by Crippen LogP contribution is -1.88. The normalized spacial score (nSPS) is 11.2. The first-order valence-corrected chi connectivity index (χ1v) is 9.68. The number of rotatable bonds is 14. The fourth-order valence-electron chi connectivity index (χ4n) is 3.02. The number of pyridine rings is 1. The minimum atomic E-state index is 0.887. The van der Waals surface area contributed by atoms with Crippen LogP contribution in [0, 0.1) is 5.92 Å². The molecule has 0 N–H and O–H groups in total. The van der Waals surface area contributed by atoms with Crippen LogP contribution in [0.3, 0.4) is 0 Å². The maximum Gasteiger partial charge on any atom is 0.0299 e. The van der Waals surface area contributed by atoms with E-state index in [2.05, 4.69) is 24.9 Å². The van der Waals surface area contributed by atoms with Crippen molar-refractivity contribution in [3.63, 3.8) is 0 Å². The molecule has 0 atom stereocenters. The topological polar surface area (TPSA) is 12.9 Å². The molecule has 0 saturated heterocycles. The molecule has 0 spiro atoms. The Morgan fingerprint density at radius 2 is 1.32 bits per heavy atom. The van der Waals surface area contributed by atoms with Crippen LogP contribution in [-0.4, -0.2) is 4.98 Å². The van der Waals surface area contributed by atoms with Gasteiger partial charge in [-0.3, -0.25) is 4.98 Å². The van der Waals surface area contributed by atoms with Gasteiger partial charge in [0.1, 0.15) is 0 Å². The summed E-state index contributed by atoms with van der Waals surface area (Å²) in [6, 6.07) is 4.23. The third kappa shape index (κ3) is 11.8. The lowest BCUT2D eigenvalue weighted by atomic mass is 10.0. The summed E-state index contributed by atoms with van der Waals surface area (Å²) in [5.41, 5.74) is 1.39. The van der Waals surface area contributed by atoms with Gasteiger partial charge in [0.15, 0.2) is 0 Å². The van der Waals surface area contributed by atoms with Crippen molar-refractivity contribution >= 4 is 0 Å². The quantitative estimate of drug-likeness (QED) is 0.338. The molecule has 0 aromatic carbocycles. The maximum absolute atomic E-state index is 4.17. The molecule has 0 saturated carbocycles. The van der Waals surface area contributed by atoms with Gasteiger partial charge in [-0.15, -0.1) is 0 Å². The molecule has 1 rings (SSSR count). The van der Waals surface area contributed by atoms with Crippen LogP contribution in [0.4, 0.5) is 0 Å². The summed E-state index contributed by atoms with van der Waals surface area (Å²) in [6.45, 7) is 4.66. The monoisotopic (exact) mass is 303 g/mol. The third-order valence-corrected chi connectivity index (χ3v) is 4.47. The Hall–Kier alpha value is -0.850. The molecule has 0 unspecified atom stereocenters. The average molecular weight is 304 g/mol. The van der Waals surface area contributed by atoms with Gasteiger partial charge < -0.3 is 0 Å². The average Bonchev–Trinajstić information content (AvgIpc) is 2.52. The van der Waals surface area contributed by atoms with Gasteiger partial charge >= 0.3 is 0 Å². The van der Waals surface area contributed by atoms with Crippen molar-refractivity contribution < 1.29 is 0 Å². The van der Waals surface area contributed by atoms with E-state index in [4.69, 9.17) is 0 Å². The number of aryl methyl sites for hydroxylation is 1. The second kappa shape index (κ2) is 13.8. The van der Waals surface area contributed by atoms with Crippen LogP contribution in [0.5, 0.6) is 0 Å². The molecule has 126 valence electrons. The van der Waals surface area contributed by atoms with Gasteiger partial charge in [0, 0.05) is 12.4 Å². The standard InChI is InChI=1S/C21H37N/c1-20(2)15-12-10-8-6-4-3-5-7-9-11-13-16-21-17-14-18-22-19-21/h14,17-20H,3-13,15-16H2,1-2H3. The summed E-state index contributed by atoms with van der Waals surface area (Å²) < 4.78 is 0. The predicted octanol–water partition coefficient (Wildman–Crippen LogP) is 6.96. The second-order valence-corrected chi connectivity index (χ2v) is 7.18. The minimum absolute atomic E-state index is 0.887. The highest BCUT2D eigenvalue weighted by molar-refractivity contribution is 5.08. The number of aromatic nitrogens is 1. The van der Waals surface area contributed by atoms with E-state index >= 15 is 0 Å². The molecule has 1 heterocycles. The van der Waals surface area contributed by atoms with Crippen molar-refractivity contribution in [2.45, 2.75) is 97.3 Å². The molecule has 1 nitrogen and oxygen atoms in total. The third-order valence-electron chi connectivity index (χ3n) is 4.47. The molecule has 0 aliphatic carbocycles. The molecule has 0 amide bonds. The molecule has 0 radical (unpaired) electrons. The predicted molar refractivity (Wildman–Crippen MR) is 98.2 cm³/mol. The summed E-state index contributed by atoms with van der Waals surface area (Å²) in [5.74, 6) is 0.887. The van der Waals surface area contributed by atoms with Gasteiger partial charge in [0.25, 0.3) is 0 Å². The first-order chi connectivity index (χ1) is 10.8. The van der Waals surface area contributed by atoms with Crippen LogP contribution in [0.25, 0.3) is 0 Å². The van der Waals surface area contributed by atoms with Crippen molar-refractivity contribution in [1.29, 1.82) is 0 Å². The molecule has 0 aliphatic heterocycles. The van der Waals surface area contributed by atoms with Gasteiger partial charge in [-0.05, 0) is 30.4 Å². The van der Waals surface area contributed by atoms with E-state index in [1.165, 1.54) is 89.0 Å². The Morgan fingerprint density at radius 1 is 0.773 bits per heavy atom. The summed E-state index contributed by atoms with van der Waals surface area (Å²) >= 11 is 0. The highest BCUT2D eigenvalue weighted by Crippen LogP contribution is 2.14. The van der Waals surface area contributed by atoms with Crippen LogP contribution in [0.2, 0.25) is 0 Å². The van der Waals surface area contributed by atoms with Crippen LogP contribution < -0.4 is 0 Å². The molecule has 1 aromatic rings. The molecule has 0 bridgehead atoms. The van der Waals surface area contributed by atoms with Crippen molar-refractivity contribution in [2.24, 2.45) is 5.92 Å². The highest BCUT2D eigenvalue weighted by Gasteiger charge is 1.96. The summed E-state index contributed by atoms with van der Waals surface area (Å²) in [6.07, 6.45) is 22.2. The molecule has 1 heteroatoms. The van der Waals surface area contributed by atoms with E-state index < -0.39 is 0 Å². The van der Waals surface area contributed by atoms with E-state index in [0.29, 0.717) is 0 Å². The number of hydrogen-bond donors (Lipinski definition) is 0. The van der Waals surface area contributed by atoms with E-state index in [0.717, 1.165) is 5.92 Å². The Bertz CT molecular complexity index is 331. The Balaban J connectivity index is 1.75. The van der Waals surface area contributed by atoms with Crippen molar-refractivity contribution in [3.05, 3.63) is 30.1 Å². The van der Waals surface area contributed by atoms with Crippen molar-refractivity contribution in [3.8, 4) is 0 Å². The smallest absolute Gasteiger partial charge is 0.0299 e. The Labute approximate surface area is 138 Å². The zero-order valence-corrected chi connectivity index (χ0v) is 15.0. The van der Waals surface area contributed by atoms with E-state index in [9.17, 15) is 0 Å². The maximum atomic E-state index is 4.17. The molecular weight excluding hydrogens is 266 g/mol. The van der Waals surface area contributed by atoms with Crippen LogP contribution in [0.15, 0.2) is 24.5 Å². The van der Waals surface area contributed by atoms with Gasteiger partial charge in [-0.25, -0.2) is 0 Å². The Kier molecular flexibility index (Phi) is 12.0. The van der Waals surface area contributed by atoms with Gasteiger partial charge in [0.05, 0.1) is 0 Å². The van der Waals surface area contributed by atoms with Gasteiger partial charge in [0.2, 0.25) is 0 Å². The van der Waals surface area contributed by atoms with Crippen LogP contribution in [0.1, 0.15) is 96.5 Å². The first-order valence-electron chi connectivity index (χ1n) is 9.68. The zero-order valence-electron chi connectivity index (χ0n) is 15.0. The Morgan fingerprint density at radius 3 is 1.82 bits per heavy atom. The van der Waals surface area contributed by atoms with Crippen molar-refractivity contribution in [2.75, 3.05) is 0 Å². The minimum Gasteiger partial charge on any atom is -0.264 e. The molecule has 22 heavy (non-hydrogen) atoms. The number of nitrogens with zero attached hydrogens (tertiary/aromatic N) is 1. The first kappa shape index (κ1) is 19.2. The molecule has 0 aliphatic rings. The van der Waals surface area contributed by atoms with E-state index in [1.807, 2.05) is 18.5 Å². The summed E-state index contributed by atoms with van der Waals surface area (Å²) in [5, 5.41) is 0. The molecule has 1 aromatic heterocycles. The van der Waals surface area contributed by atoms with Gasteiger partial charge in [-0.2, -0.15) is 0 Å². The molecular formula is C21H37N. The SMILES string of the molecule is CC(C)CCCCCCCCCCCCCc1cccnc1. The van der Waals surface area contributed by atoms with Gasteiger partial charge in [-0.1, -0.05) is 90.5 Å².